The second-order valence-electron chi connectivity index (χ2n) is 6.97. The molecule has 1 amide bonds. The number of hydrogen-bond acceptors (Lipinski definition) is 7. The quantitative estimate of drug-likeness (QED) is 0.674. The maximum atomic E-state index is 12.9. The van der Waals surface area contributed by atoms with Crippen molar-refractivity contribution in [2.45, 2.75) is 36.6 Å². The topological polar surface area (TPSA) is 89.7 Å². The van der Waals surface area contributed by atoms with Crippen molar-refractivity contribution in [1.82, 2.24) is 9.88 Å². The van der Waals surface area contributed by atoms with Crippen molar-refractivity contribution in [3.05, 3.63) is 24.3 Å². The van der Waals surface area contributed by atoms with Gasteiger partial charge in [0.1, 0.15) is 5.52 Å². The SMILES string of the molecule is O=C(CSc1nc2ccccc2o1)N(C[C@@H]1CCCO1)[C@@H]1CCS(=O)(=O)C1. The van der Waals surface area contributed by atoms with Crippen molar-refractivity contribution < 1.29 is 22.4 Å². The number of carbonyl (C=O) groups is 1. The van der Waals surface area contributed by atoms with Gasteiger partial charge in [-0.1, -0.05) is 23.9 Å². The van der Waals surface area contributed by atoms with Gasteiger partial charge in [0.05, 0.1) is 23.4 Å². The number of benzene rings is 1. The summed E-state index contributed by atoms with van der Waals surface area (Å²) in [4.78, 5) is 19.0. The average molecular weight is 411 g/mol. The van der Waals surface area contributed by atoms with E-state index in [4.69, 9.17) is 9.15 Å². The zero-order valence-corrected chi connectivity index (χ0v) is 16.5. The Morgan fingerprint density at radius 2 is 2.15 bits per heavy atom. The van der Waals surface area contributed by atoms with Gasteiger partial charge in [-0.05, 0) is 31.4 Å². The smallest absolute Gasteiger partial charge is 0.257 e. The third kappa shape index (κ3) is 4.47. The van der Waals surface area contributed by atoms with Gasteiger partial charge < -0.3 is 14.1 Å². The van der Waals surface area contributed by atoms with Crippen molar-refractivity contribution >= 4 is 38.6 Å². The van der Waals surface area contributed by atoms with E-state index in [2.05, 4.69) is 4.98 Å². The summed E-state index contributed by atoms with van der Waals surface area (Å²) in [6, 6.07) is 7.18. The largest absolute Gasteiger partial charge is 0.431 e. The number of sulfone groups is 1. The molecule has 0 spiro atoms. The summed E-state index contributed by atoms with van der Waals surface area (Å²) in [5.74, 6) is 0.250. The fraction of sp³-hybridized carbons (Fsp3) is 0.556. The Labute approximate surface area is 162 Å². The van der Waals surface area contributed by atoms with Crippen LogP contribution in [0.5, 0.6) is 0 Å². The lowest BCUT2D eigenvalue weighted by atomic mass is 10.1. The number of hydrogen-bond donors (Lipinski definition) is 0. The van der Waals surface area contributed by atoms with E-state index in [0.29, 0.717) is 30.4 Å². The number of rotatable bonds is 6. The van der Waals surface area contributed by atoms with Gasteiger partial charge in [0, 0.05) is 19.2 Å². The fourth-order valence-electron chi connectivity index (χ4n) is 3.60. The molecule has 1 aromatic heterocycles. The Balaban J connectivity index is 1.44. The van der Waals surface area contributed by atoms with Gasteiger partial charge in [0.25, 0.3) is 5.22 Å². The van der Waals surface area contributed by atoms with Crippen LogP contribution in [0.15, 0.2) is 33.9 Å². The highest BCUT2D eigenvalue weighted by atomic mass is 32.2. The Kier molecular flexibility index (Phi) is 5.43. The molecule has 2 saturated heterocycles. The van der Waals surface area contributed by atoms with Crippen LogP contribution in [0.25, 0.3) is 11.1 Å². The summed E-state index contributed by atoms with van der Waals surface area (Å²) in [6.45, 7) is 1.15. The Morgan fingerprint density at radius 3 is 2.85 bits per heavy atom. The highest BCUT2D eigenvalue weighted by Gasteiger charge is 2.36. The molecule has 27 heavy (non-hydrogen) atoms. The van der Waals surface area contributed by atoms with Gasteiger partial charge in [-0.25, -0.2) is 13.4 Å². The number of oxazole rings is 1. The Morgan fingerprint density at radius 1 is 1.30 bits per heavy atom. The van der Waals surface area contributed by atoms with E-state index in [1.807, 2.05) is 24.3 Å². The maximum Gasteiger partial charge on any atom is 0.257 e. The summed E-state index contributed by atoms with van der Waals surface area (Å²) in [5.41, 5.74) is 1.44. The van der Waals surface area contributed by atoms with E-state index in [9.17, 15) is 13.2 Å². The highest BCUT2D eigenvalue weighted by Crippen LogP contribution is 2.26. The van der Waals surface area contributed by atoms with E-state index in [0.717, 1.165) is 18.4 Å². The zero-order chi connectivity index (χ0) is 18.9. The van der Waals surface area contributed by atoms with E-state index < -0.39 is 9.84 Å². The van der Waals surface area contributed by atoms with Crippen molar-refractivity contribution in [2.75, 3.05) is 30.4 Å². The normalized spacial score (nSPS) is 24.4. The molecule has 0 aliphatic carbocycles. The summed E-state index contributed by atoms with van der Waals surface area (Å²) < 4.78 is 35.1. The molecule has 1 aromatic carbocycles. The fourth-order valence-corrected chi connectivity index (χ4v) is 6.06. The summed E-state index contributed by atoms with van der Waals surface area (Å²) in [7, 11) is -3.06. The molecule has 0 bridgehead atoms. The third-order valence-corrected chi connectivity index (χ3v) is 7.55. The molecule has 0 saturated carbocycles. The van der Waals surface area contributed by atoms with Gasteiger partial charge in [-0.15, -0.1) is 0 Å². The number of para-hydroxylation sites is 2. The maximum absolute atomic E-state index is 12.9. The molecule has 146 valence electrons. The number of amides is 1. The van der Waals surface area contributed by atoms with E-state index in [-0.39, 0.29) is 35.3 Å². The van der Waals surface area contributed by atoms with Crippen LogP contribution in [0.2, 0.25) is 0 Å². The van der Waals surface area contributed by atoms with Crippen LogP contribution in [-0.4, -0.2) is 66.8 Å². The van der Waals surface area contributed by atoms with Crippen LogP contribution in [0.1, 0.15) is 19.3 Å². The van der Waals surface area contributed by atoms with Gasteiger partial charge >= 0.3 is 0 Å². The van der Waals surface area contributed by atoms with Crippen molar-refractivity contribution in [3.8, 4) is 0 Å². The molecular weight excluding hydrogens is 388 g/mol. The number of ether oxygens (including phenoxy) is 1. The first-order chi connectivity index (χ1) is 13.0. The van der Waals surface area contributed by atoms with Crippen LogP contribution >= 0.6 is 11.8 Å². The molecule has 0 unspecified atom stereocenters. The molecule has 2 fully saturated rings. The van der Waals surface area contributed by atoms with Crippen LogP contribution < -0.4 is 0 Å². The minimum absolute atomic E-state index is 0.00780. The molecule has 2 atom stereocenters. The van der Waals surface area contributed by atoms with Crippen LogP contribution in [0, 0.1) is 0 Å². The monoisotopic (exact) mass is 410 g/mol. The molecule has 7 nitrogen and oxygen atoms in total. The lowest BCUT2D eigenvalue weighted by Gasteiger charge is -2.30. The number of nitrogens with zero attached hydrogens (tertiary/aromatic N) is 2. The standard InChI is InChI=1S/C18H22N2O5S2/c21-17(11-26-18-19-15-5-1-2-6-16(15)25-18)20(10-14-4-3-8-24-14)13-7-9-27(22,23)12-13/h1-2,5-6,13-14H,3-4,7-12H2/t13-,14+/m1/s1. The molecule has 0 radical (unpaired) electrons. The van der Waals surface area contributed by atoms with Crippen LogP contribution in [0.4, 0.5) is 0 Å². The second kappa shape index (κ2) is 7.81. The lowest BCUT2D eigenvalue weighted by Crippen LogP contribution is -2.46. The zero-order valence-electron chi connectivity index (χ0n) is 14.9. The molecule has 4 rings (SSSR count). The van der Waals surface area contributed by atoms with Crippen molar-refractivity contribution in [2.24, 2.45) is 0 Å². The summed E-state index contributed by atoms with van der Waals surface area (Å²) in [5, 5.41) is 0.445. The number of aromatic nitrogens is 1. The minimum atomic E-state index is -3.06. The predicted octanol–water partition coefficient (Wildman–Crippen LogP) is 2.11. The van der Waals surface area contributed by atoms with Crippen LogP contribution in [-0.2, 0) is 19.4 Å². The Hall–Kier alpha value is -1.58. The summed E-state index contributed by atoms with van der Waals surface area (Å²) >= 11 is 1.24. The molecule has 3 heterocycles. The minimum Gasteiger partial charge on any atom is -0.431 e. The third-order valence-electron chi connectivity index (χ3n) is 4.99. The Bertz CT molecular complexity index is 888. The van der Waals surface area contributed by atoms with Crippen molar-refractivity contribution in [1.29, 1.82) is 0 Å². The number of carbonyl (C=O) groups excluding carboxylic acids is 1. The molecule has 2 aromatic rings. The predicted molar refractivity (Wildman–Crippen MR) is 102 cm³/mol. The van der Waals surface area contributed by atoms with E-state index in [1.54, 1.807) is 4.90 Å². The lowest BCUT2D eigenvalue weighted by molar-refractivity contribution is -0.131. The van der Waals surface area contributed by atoms with Gasteiger partial charge in [-0.2, -0.15) is 0 Å². The molecule has 9 heteroatoms. The first kappa shape index (κ1) is 18.8. The first-order valence-electron chi connectivity index (χ1n) is 9.10. The van der Waals surface area contributed by atoms with E-state index >= 15 is 0 Å². The highest BCUT2D eigenvalue weighted by molar-refractivity contribution is 7.99. The first-order valence-corrected chi connectivity index (χ1v) is 11.9. The summed E-state index contributed by atoms with van der Waals surface area (Å²) in [6.07, 6.45) is 2.37. The number of thioether (sulfide) groups is 1. The van der Waals surface area contributed by atoms with Gasteiger partial charge in [0.15, 0.2) is 15.4 Å². The molecule has 2 aliphatic heterocycles. The number of fused-ring (bicyclic) bond motifs is 1. The average Bonchev–Trinajstić information content (AvgIpc) is 3.36. The van der Waals surface area contributed by atoms with E-state index in [1.165, 1.54) is 11.8 Å². The van der Waals surface area contributed by atoms with Crippen molar-refractivity contribution in [3.63, 3.8) is 0 Å². The molecular formula is C18H22N2O5S2. The van der Waals surface area contributed by atoms with Gasteiger partial charge in [0.2, 0.25) is 5.91 Å². The second-order valence-corrected chi connectivity index (χ2v) is 10.1. The van der Waals surface area contributed by atoms with Gasteiger partial charge in [-0.3, -0.25) is 4.79 Å². The molecule has 2 aliphatic rings. The molecule has 0 N–H and O–H groups in total. The van der Waals surface area contributed by atoms with Crippen LogP contribution in [0.3, 0.4) is 0 Å².